The molecule has 0 saturated carbocycles. The summed E-state index contributed by atoms with van der Waals surface area (Å²) in [4.78, 5) is 14.1. The first kappa shape index (κ1) is 18.5. The van der Waals surface area contributed by atoms with Gasteiger partial charge in [0.2, 0.25) is 0 Å². The van der Waals surface area contributed by atoms with E-state index < -0.39 is 0 Å². The SMILES string of the molecule is COc1ccc(CNC(=S)NNC(=O)c2cccc(N(C)C)c2)cc1. The van der Waals surface area contributed by atoms with E-state index in [1.54, 1.807) is 13.2 Å². The third kappa shape index (κ3) is 5.65. The summed E-state index contributed by atoms with van der Waals surface area (Å²) in [5.74, 6) is 0.550. The highest BCUT2D eigenvalue weighted by Gasteiger charge is 2.07. The lowest BCUT2D eigenvalue weighted by Gasteiger charge is -2.14. The van der Waals surface area contributed by atoms with Crippen molar-refractivity contribution in [1.82, 2.24) is 16.2 Å². The average molecular weight is 358 g/mol. The van der Waals surface area contributed by atoms with Crippen molar-refractivity contribution in [3.8, 4) is 5.75 Å². The zero-order valence-electron chi connectivity index (χ0n) is 14.5. The van der Waals surface area contributed by atoms with Crippen LogP contribution in [0.25, 0.3) is 0 Å². The van der Waals surface area contributed by atoms with Crippen LogP contribution in [-0.4, -0.2) is 32.2 Å². The molecule has 25 heavy (non-hydrogen) atoms. The second-order valence-electron chi connectivity index (χ2n) is 5.55. The number of hydrogen-bond donors (Lipinski definition) is 3. The maximum Gasteiger partial charge on any atom is 0.269 e. The summed E-state index contributed by atoms with van der Waals surface area (Å²) in [5, 5.41) is 3.37. The molecule has 3 N–H and O–H groups in total. The predicted molar refractivity (Wildman–Crippen MR) is 104 cm³/mol. The van der Waals surface area contributed by atoms with Crippen LogP contribution >= 0.6 is 12.2 Å². The van der Waals surface area contributed by atoms with Crippen LogP contribution in [0.3, 0.4) is 0 Å². The van der Waals surface area contributed by atoms with Gasteiger partial charge in [0.1, 0.15) is 5.75 Å². The number of rotatable bonds is 5. The van der Waals surface area contributed by atoms with E-state index in [4.69, 9.17) is 17.0 Å². The Morgan fingerprint density at radius 1 is 1.12 bits per heavy atom. The van der Waals surface area contributed by atoms with Crippen molar-refractivity contribution >= 4 is 28.9 Å². The van der Waals surface area contributed by atoms with E-state index in [0.29, 0.717) is 17.2 Å². The molecule has 0 bridgehead atoms. The molecule has 0 radical (unpaired) electrons. The van der Waals surface area contributed by atoms with Gasteiger partial charge in [-0.15, -0.1) is 0 Å². The highest BCUT2D eigenvalue weighted by molar-refractivity contribution is 7.80. The Morgan fingerprint density at radius 2 is 1.84 bits per heavy atom. The third-order valence-electron chi connectivity index (χ3n) is 3.53. The van der Waals surface area contributed by atoms with Gasteiger partial charge in [0.25, 0.3) is 5.91 Å². The number of anilines is 1. The van der Waals surface area contributed by atoms with Crippen molar-refractivity contribution < 1.29 is 9.53 Å². The fourth-order valence-electron chi connectivity index (χ4n) is 2.08. The van der Waals surface area contributed by atoms with Crippen LogP contribution in [0.4, 0.5) is 5.69 Å². The number of benzene rings is 2. The normalized spacial score (nSPS) is 9.88. The number of carbonyl (C=O) groups excluding carboxylic acids is 1. The Labute approximate surface area is 153 Å². The highest BCUT2D eigenvalue weighted by atomic mass is 32.1. The van der Waals surface area contributed by atoms with Crippen molar-refractivity contribution in [3.05, 3.63) is 59.7 Å². The molecular formula is C18H22N4O2S. The lowest BCUT2D eigenvalue weighted by Crippen LogP contribution is -2.46. The van der Waals surface area contributed by atoms with E-state index >= 15 is 0 Å². The first-order valence-electron chi connectivity index (χ1n) is 7.74. The molecule has 132 valence electrons. The number of ether oxygens (including phenoxy) is 1. The van der Waals surface area contributed by atoms with E-state index in [9.17, 15) is 4.79 Å². The summed E-state index contributed by atoms with van der Waals surface area (Å²) >= 11 is 5.17. The summed E-state index contributed by atoms with van der Waals surface area (Å²) < 4.78 is 5.12. The van der Waals surface area contributed by atoms with Crippen LogP contribution < -0.4 is 25.8 Å². The lowest BCUT2D eigenvalue weighted by molar-refractivity contribution is 0.0943. The molecule has 0 heterocycles. The molecule has 0 unspecified atom stereocenters. The average Bonchev–Trinajstić information content (AvgIpc) is 2.64. The van der Waals surface area contributed by atoms with Gasteiger partial charge in [-0.3, -0.25) is 15.6 Å². The van der Waals surface area contributed by atoms with Gasteiger partial charge in [-0.05, 0) is 48.1 Å². The van der Waals surface area contributed by atoms with Crippen LogP contribution in [0.2, 0.25) is 0 Å². The highest BCUT2D eigenvalue weighted by Crippen LogP contribution is 2.13. The Kier molecular flexibility index (Phi) is 6.59. The standard InChI is InChI=1S/C18H22N4O2S/c1-22(2)15-6-4-5-14(11-15)17(23)20-21-18(25)19-12-13-7-9-16(24-3)10-8-13/h4-11H,12H2,1-3H3,(H,20,23)(H2,19,21,25). The van der Waals surface area contributed by atoms with E-state index in [1.807, 2.05) is 61.5 Å². The number of hydrazine groups is 1. The van der Waals surface area contributed by atoms with Crippen molar-refractivity contribution in [3.63, 3.8) is 0 Å². The van der Waals surface area contributed by atoms with E-state index in [1.165, 1.54) is 0 Å². The van der Waals surface area contributed by atoms with Crippen molar-refractivity contribution in [2.75, 3.05) is 26.1 Å². The molecule has 0 fully saturated rings. The van der Waals surface area contributed by atoms with E-state index in [2.05, 4.69) is 16.2 Å². The Hall–Kier alpha value is -2.80. The van der Waals surface area contributed by atoms with Crippen molar-refractivity contribution in [2.24, 2.45) is 0 Å². The third-order valence-corrected chi connectivity index (χ3v) is 3.77. The first-order valence-corrected chi connectivity index (χ1v) is 8.15. The van der Waals surface area contributed by atoms with Gasteiger partial charge in [0, 0.05) is 31.9 Å². The monoisotopic (exact) mass is 358 g/mol. The lowest BCUT2D eigenvalue weighted by atomic mass is 10.2. The number of carbonyl (C=O) groups is 1. The molecule has 0 spiro atoms. The molecule has 2 aromatic rings. The minimum Gasteiger partial charge on any atom is -0.497 e. The number of hydrogen-bond acceptors (Lipinski definition) is 4. The van der Waals surface area contributed by atoms with E-state index in [-0.39, 0.29) is 5.91 Å². The molecule has 7 heteroatoms. The molecule has 0 atom stereocenters. The minimum atomic E-state index is -0.253. The molecule has 1 amide bonds. The number of amides is 1. The van der Waals surface area contributed by atoms with Crippen molar-refractivity contribution in [1.29, 1.82) is 0 Å². The zero-order chi connectivity index (χ0) is 18.2. The molecule has 0 aliphatic heterocycles. The number of methoxy groups -OCH3 is 1. The smallest absolute Gasteiger partial charge is 0.269 e. The summed E-state index contributed by atoms with van der Waals surface area (Å²) in [7, 11) is 5.48. The number of nitrogens with one attached hydrogen (secondary N) is 3. The molecule has 0 saturated heterocycles. The largest absolute Gasteiger partial charge is 0.497 e. The molecule has 2 aromatic carbocycles. The Bertz CT molecular complexity index is 732. The van der Waals surface area contributed by atoms with Crippen LogP contribution in [-0.2, 0) is 6.54 Å². The molecule has 2 rings (SSSR count). The minimum absolute atomic E-state index is 0.253. The van der Waals surface area contributed by atoms with Crippen molar-refractivity contribution in [2.45, 2.75) is 6.54 Å². The molecule has 6 nitrogen and oxygen atoms in total. The number of thiocarbonyl (C=S) groups is 1. The predicted octanol–water partition coefficient (Wildman–Crippen LogP) is 2.07. The van der Waals surface area contributed by atoms with Crippen LogP contribution in [0.1, 0.15) is 15.9 Å². The summed E-state index contributed by atoms with van der Waals surface area (Å²) in [6.45, 7) is 0.543. The van der Waals surface area contributed by atoms with Crippen LogP contribution in [0.5, 0.6) is 5.75 Å². The van der Waals surface area contributed by atoms with Gasteiger partial charge >= 0.3 is 0 Å². The maximum atomic E-state index is 12.2. The van der Waals surface area contributed by atoms with Gasteiger partial charge in [0.05, 0.1) is 7.11 Å². The summed E-state index contributed by atoms with van der Waals surface area (Å²) in [5.41, 5.74) is 7.85. The Morgan fingerprint density at radius 3 is 2.48 bits per heavy atom. The number of nitrogens with zero attached hydrogens (tertiary/aromatic N) is 1. The summed E-state index contributed by atoms with van der Waals surface area (Å²) in [6.07, 6.45) is 0. The first-order chi connectivity index (χ1) is 12.0. The molecule has 0 aromatic heterocycles. The van der Waals surface area contributed by atoms with Crippen LogP contribution in [0.15, 0.2) is 48.5 Å². The molecule has 0 aliphatic rings. The second-order valence-corrected chi connectivity index (χ2v) is 5.96. The van der Waals surface area contributed by atoms with Gasteiger partial charge in [-0.1, -0.05) is 18.2 Å². The Balaban J connectivity index is 1.80. The van der Waals surface area contributed by atoms with Gasteiger partial charge in [-0.2, -0.15) is 0 Å². The maximum absolute atomic E-state index is 12.2. The zero-order valence-corrected chi connectivity index (χ0v) is 15.3. The van der Waals surface area contributed by atoms with Gasteiger partial charge in [0.15, 0.2) is 5.11 Å². The van der Waals surface area contributed by atoms with Gasteiger partial charge < -0.3 is 15.0 Å². The molecular weight excluding hydrogens is 336 g/mol. The summed E-state index contributed by atoms with van der Waals surface area (Å²) in [6, 6.07) is 15.0. The van der Waals surface area contributed by atoms with Gasteiger partial charge in [-0.25, -0.2) is 0 Å². The fraction of sp³-hybridized carbons (Fsp3) is 0.222. The van der Waals surface area contributed by atoms with Crippen LogP contribution in [0, 0.1) is 0 Å². The molecule has 0 aliphatic carbocycles. The quantitative estimate of drug-likeness (QED) is 0.562. The topological polar surface area (TPSA) is 65.6 Å². The second kappa shape index (κ2) is 8.89. The fourth-order valence-corrected chi connectivity index (χ4v) is 2.20. The van der Waals surface area contributed by atoms with E-state index in [0.717, 1.165) is 17.0 Å².